The normalized spacial score (nSPS) is 15.5. The topological polar surface area (TPSA) is 57.2 Å². The fourth-order valence-electron chi connectivity index (χ4n) is 4.26. The molecule has 6 heteroatoms. The molecule has 1 unspecified atom stereocenters. The molecular weight excluding hydrogens is 394 g/mol. The van der Waals surface area contributed by atoms with Gasteiger partial charge in [0.15, 0.2) is 11.5 Å². The van der Waals surface area contributed by atoms with Gasteiger partial charge >= 0.3 is 5.97 Å². The SMILES string of the molecule is C=CCc1c(OCc2ccccc2)c(OC)c(C)c(OC)c1N1CCCC1C(=O)OC. The maximum atomic E-state index is 12.5. The van der Waals surface area contributed by atoms with Crippen LogP contribution in [0.25, 0.3) is 0 Å². The molecule has 0 N–H and O–H groups in total. The van der Waals surface area contributed by atoms with Crippen LogP contribution in [-0.2, 0) is 22.6 Å². The van der Waals surface area contributed by atoms with Crippen LogP contribution < -0.4 is 19.1 Å². The first-order valence-electron chi connectivity index (χ1n) is 10.5. The van der Waals surface area contributed by atoms with E-state index in [4.69, 9.17) is 18.9 Å². The van der Waals surface area contributed by atoms with Crippen molar-refractivity contribution in [2.75, 3.05) is 32.8 Å². The van der Waals surface area contributed by atoms with Gasteiger partial charge in [-0.25, -0.2) is 4.79 Å². The van der Waals surface area contributed by atoms with Gasteiger partial charge in [0.1, 0.15) is 18.4 Å². The summed E-state index contributed by atoms with van der Waals surface area (Å²) in [5.74, 6) is 1.71. The van der Waals surface area contributed by atoms with Gasteiger partial charge in [-0.05, 0) is 31.7 Å². The Morgan fingerprint density at radius 1 is 1.13 bits per heavy atom. The molecule has 2 aromatic carbocycles. The molecule has 0 amide bonds. The zero-order chi connectivity index (χ0) is 22.4. The molecule has 3 rings (SSSR count). The smallest absolute Gasteiger partial charge is 0.328 e. The number of anilines is 1. The summed E-state index contributed by atoms with van der Waals surface area (Å²) in [5.41, 5.74) is 3.61. The van der Waals surface area contributed by atoms with Gasteiger partial charge in [0.05, 0.1) is 27.0 Å². The lowest BCUT2D eigenvalue weighted by Gasteiger charge is -2.31. The molecule has 31 heavy (non-hydrogen) atoms. The number of esters is 1. The Morgan fingerprint density at radius 2 is 1.84 bits per heavy atom. The quantitative estimate of drug-likeness (QED) is 0.437. The van der Waals surface area contributed by atoms with E-state index in [0.717, 1.165) is 41.8 Å². The second kappa shape index (κ2) is 10.2. The summed E-state index contributed by atoms with van der Waals surface area (Å²) in [6, 6.07) is 9.61. The highest BCUT2D eigenvalue weighted by atomic mass is 16.5. The number of rotatable bonds is 9. The lowest BCUT2D eigenvalue weighted by molar-refractivity contribution is -0.141. The minimum atomic E-state index is -0.364. The van der Waals surface area contributed by atoms with E-state index in [-0.39, 0.29) is 12.0 Å². The van der Waals surface area contributed by atoms with Crippen molar-refractivity contribution in [3.63, 3.8) is 0 Å². The van der Waals surface area contributed by atoms with Gasteiger partial charge in [-0.3, -0.25) is 0 Å². The monoisotopic (exact) mass is 425 g/mol. The Labute approximate surface area is 184 Å². The van der Waals surface area contributed by atoms with Crippen LogP contribution in [0.5, 0.6) is 17.2 Å². The molecule has 0 radical (unpaired) electrons. The number of methoxy groups -OCH3 is 3. The number of nitrogens with zero attached hydrogens (tertiary/aromatic N) is 1. The van der Waals surface area contributed by atoms with E-state index in [2.05, 4.69) is 11.5 Å². The highest BCUT2D eigenvalue weighted by molar-refractivity contribution is 5.85. The molecule has 0 bridgehead atoms. The number of allylic oxidation sites excluding steroid dienone is 1. The van der Waals surface area contributed by atoms with Crippen molar-refractivity contribution in [2.24, 2.45) is 0 Å². The largest absolute Gasteiger partial charge is 0.494 e. The van der Waals surface area contributed by atoms with Crippen LogP contribution in [0.4, 0.5) is 5.69 Å². The molecule has 1 atom stereocenters. The first-order valence-corrected chi connectivity index (χ1v) is 10.5. The molecule has 2 aromatic rings. The Kier molecular flexibility index (Phi) is 7.45. The molecule has 6 nitrogen and oxygen atoms in total. The summed E-state index contributed by atoms with van der Waals surface area (Å²) in [6.45, 7) is 7.00. The first kappa shape index (κ1) is 22.5. The molecule has 1 aliphatic rings. The Bertz CT molecular complexity index is 925. The molecule has 1 fully saturated rings. The fourth-order valence-corrected chi connectivity index (χ4v) is 4.26. The van der Waals surface area contributed by atoms with Gasteiger partial charge in [-0.2, -0.15) is 0 Å². The number of hydrogen-bond donors (Lipinski definition) is 0. The first-order chi connectivity index (χ1) is 15.1. The summed E-state index contributed by atoms with van der Waals surface area (Å²) in [5, 5.41) is 0. The van der Waals surface area contributed by atoms with Crippen molar-refractivity contribution in [1.29, 1.82) is 0 Å². The third-order valence-corrected chi connectivity index (χ3v) is 5.66. The summed E-state index contributed by atoms with van der Waals surface area (Å²) in [6.07, 6.45) is 3.98. The van der Waals surface area contributed by atoms with E-state index in [9.17, 15) is 4.79 Å². The molecule has 1 heterocycles. The summed E-state index contributed by atoms with van der Waals surface area (Å²) in [4.78, 5) is 14.6. The van der Waals surface area contributed by atoms with Crippen molar-refractivity contribution in [3.8, 4) is 17.2 Å². The van der Waals surface area contributed by atoms with Gasteiger partial charge in [-0.1, -0.05) is 36.4 Å². The van der Waals surface area contributed by atoms with E-state index in [1.54, 1.807) is 14.2 Å². The molecule has 0 aromatic heterocycles. The maximum Gasteiger partial charge on any atom is 0.328 e. The third-order valence-electron chi connectivity index (χ3n) is 5.66. The van der Waals surface area contributed by atoms with Crippen LogP contribution in [0, 0.1) is 6.92 Å². The summed E-state index contributed by atoms with van der Waals surface area (Å²) < 4.78 is 23.0. The Balaban J connectivity index is 2.17. The van der Waals surface area contributed by atoms with E-state index in [0.29, 0.717) is 30.3 Å². The van der Waals surface area contributed by atoms with Gasteiger partial charge in [-0.15, -0.1) is 6.58 Å². The highest BCUT2D eigenvalue weighted by Crippen LogP contribution is 2.50. The van der Waals surface area contributed by atoms with Crippen LogP contribution in [0.3, 0.4) is 0 Å². The van der Waals surface area contributed by atoms with E-state index >= 15 is 0 Å². The standard InChI is InChI=1S/C25H31NO5/c1-6-11-19-21(26-15-10-14-20(26)25(27)30-5)22(28-3)17(2)23(29-4)24(19)31-16-18-12-8-7-9-13-18/h6-9,12-13,20H,1,10-11,14-16H2,2-5H3. The number of ether oxygens (including phenoxy) is 4. The number of hydrogen-bond acceptors (Lipinski definition) is 6. The van der Waals surface area contributed by atoms with Crippen LogP contribution in [-0.4, -0.2) is 39.9 Å². The maximum absolute atomic E-state index is 12.5. The predicted octanol–water partition coefficient (Wildman–Crippen LogP) is 4.46. The van der Waals surface area contributed by atoms with Crippen LogP contribution >= 0.6 is 0 Å². The number of carbonyl (C=O) groups excluding carboxylic acids is 1. The lowest BCUT2D eigenvalue weighted by atomic mass is 10.00. The predicted molar refractivity (Wildman–Crippen MR) is 121 cm³/mol. The molecule has 0 aliphatic carbocycles. The minimum absolute atomic E-state index is 0.246. The van der Waals surface area contributed by atoms with Gasteiger partial charge < -0.3 is 23.8 Å². The summed E-state index contributed by atoms with van der Waals surface area (Å²) in [7, 11) is 4.69. The molecule has 1 saturated heterocycles. The van der Waals surface area contributed by atoms with Crippen LogP contribution in [0.1, 0.15) is 29.5 Å². The highest BCUT2D eigenvalue weighted by Gasteiger charge is 2.37. The van der Waals surface area contributed by atoms with Crippen molar-refractivity contribution < 1.29 is 23.7 Å². The average Bonchev–Trinajstić information content (AvgIpc) is 3.28. The van der Waals surface area contributed by atoms with Gasteiger partial charge in [0.25, 0.3) is 0 Å². The Morgan fingerprint density at radius 3 is 2.45 bits per heavy atom. The van der Waals surface area contributed by atoms with Gasteiger partial charge in [0.2, 0.25) is 0 Å². The van der Waals surface area contributed by atoms with Crippen molar-refractivity contribution >= 4 is 11.7 Å². The van der Waals surface area contributed by atoms with Crippen molar-refractivity contribution in [1.82, 2.24) is 0 Å². The number of carbonyl (C=O) groups is 1. The minimum Gasteiger partial charge on any atom is -0.494 e. The van der Waals surface area contributed by atoms with Crippen molar-refractivity contribution in [3.05, 3.63) is 59.7 Å². The van der Waals surface area contributed by atoms with Gasteiger partial charge in [0, 0.05) is 17.7 Å². The van der Waals surface area contributed by atoms with E-state index in [1.807, 2.05) is 43.3 Å². The molecule has 1 aliphatic heterocycles. The van der Waals surface area contributed by atoms with E-state index < -0.39 is 0 Å². The zero-order valence-corrected chi connectivity index (χ0v) is 18.8. The molecule has 166 valence electrons. The van der Waals surface area contributed by atoms with E-state index in [1.165, 1.54) is 7.11 Å². The third kappa shape index (κ3) is 4.48. The Hall–Kier alpha value is -3.15. The molecule has 0 spiro atoms. The molecular formula is C25H31NO5. The summed E-state index contributed by atoms with van der Waals surface area (Å²) >= 11 is 0. The molecule has 0 saturated carbocycles. The zero-order valence-electron chi connectivity index (χ0n) is 18.8. The fraction of sp³-hybridized carbons (Fsp3) is 0.400. The second-order valence-electron chi connectivity index (χ2n) is 7.49. The number of benzene rings is 2. The second-order valence-corrected chi connectivity index (χ2v) is 7.49. The van der Waals surface area contributed by atoms with Crippen LogP contribution in [0.15, 0.2) is 43.0 Å². The van der Waals surface area contributed by atoms with Crippen molar-refractivity contribution in [2.45, 2.75) is 38.8 Å². The van der Waals surface area contributed by atoms with Crippen LogP contribution in [0.2, 0.25) is 0 Å². The average molecular weight is 426 g/mol. The lowest BCUT2D eigenvalue weighted by Crippen LogP contribution is -2.37.